The van der Waals surface area contributed by atoms with E-state index in [0.29, 0.717) is 5.69 Å². The van der Waals surface area contributed by atoms with E-state index in [4.69, 9.17) is 5.11 Å². The van der Waals surface area contributed by atoms with E-state index >= 15 is 0 Å². The van der Waals surface area contributed by atoms with Crippen LogP contribution in [0.1, 0.15) is 0 Å². The van der Waals surface area contributed by atoms with Crippen LogP contribution in [0.3, 0.4) is 0 Å². The Balaban J connectivity index is 2.43. The molecule has 2 rings (SSSR count). The number of nitrogens with zero attached hydrogens (tertiary/aromatic N) is 2. The first-order valence-electron chi connectivity index (χ1n) is 4.49. The van der Waals surface area contributed by atoms with E-state index < -0.39 is 18.1 Å². The molecule has 0 unspecified atom stereocenters. The Morgan fingerprint density at radius 1 is 1.44 bits per heavy atom. The molecule has 1 N–H and O–H groups in total. The Bertz CT molecular complexity index is 560. The lowest BCUT2D eigenvalue weighted by molar-refractivity contribution is -0.138. The van der Waals surface area contributed by atoms with Crippen LogP contribution in [-0.4, -0.2) is 20.9 Å². The van der Waals surface area contributed by atoms with Gasteiger partial charge in [-0.05, 0) is 17.5 Å². The van der Waals surface area contributed by atoms with Gasteiger partial charge in [0.25, 0.3) is 5.56 Å². The number of carbonyl (C=O) groups is 1. The summed E-state index contributed by atoms with van der Waals surface area (Å²) < 4.78 is 0.940. The average Bonchev–Trinajstić information content (AvgIpc) is 2.73. The van der Waals surface area contributed by atoms with Crippen LogP contribution in [0.4, 0.5) is 0 Å². The van der Waals surface area contributed by atoms with E-state index in [0.717, 1.165) is 10.2 Å². The second kappa shape index (κ2) is 4.28. The highest BCUT2D eigenvalue weighted by molar-refractivity contribution is 7.08. The van der Waals surface area contributed by atoms with Crippen molar-refractivity contribution in [3.63, 3.8) is 0 Å². The number of carboxylic acid groups (broad SMARTS) is 1. The Hall–Kier alpha value is -1.95. The van der Waals surface area contributed by atoms with Crippen LogP contribution in [-0.2, 0) is 11.3 Å². The van der Waals surface area contributed by atoms with Crippen molar-refractivity contribution in [1.82, 2.24) is 9.78 Å². The monoisotopic (exact) mass is 236 g/mol. The summed E-state index contributed by atoms with van der Waals surface area (Å²) >= 11 is 1.51. The van der Waals surface area contributed by atoms with Crippen molar-refractivity contribution >= 4 is 17.3 Å². The molecule has 2 aromatic heterocycles. The first-order valence-corrected chi connectivity index (χ1v) is 5.43. The molecule has 82 valence electrons. The molecule has 0 saturated carbocycles. The van der Waals surface area contributed by atoms with Gasteiger partial charge in [-0.3, -0.25) is 9.59 Å². The summed E-state index contributed by atoms with van der Waals surface area (Å²) in [4.78, 5) is 21.8. The lowest BCUT2D eigenvalue weighted by Crippen LogP contribution is -2.25. The summed E-state index contributed by atoms with van der Waals surface area (Å²) in [6.45, 7) is -0.420. The molecule has 0 aliphatic heterocycles. The van der Waals surface area contributed by atoms with Crippen LogP contribution in [0.5, 0.6) is 0 Å². The molecule has 0 aromatic carbocycles. The van der Waals surface area contributed by atoms with Crippen molar-refractivity contribution in [2.45, 2.75) is 6.54 Å². The van der Waals surface area contributed by atoms with Crippen molar-refractivity contribution in [1.29, 1.82) is 0 Å². The van der Waals surface area contributed by atoms with Crippen molar-refractivity contribution in [3.05, 3.63) is 39.3 Å². The minimum atomic E-state index is -1.09. The molecule has 0 radical (unpaired) electrons. The Labute approximate surface area is 94.6 Å². The first-order chi connectivity index (χ1) is 7.66. The van der Waals surface area contributed by atoms with Gasteiger partial charge in [-0.2, -0.15) is 16.4 Å². The maximum atomic E-state index is 11.3. The van der Waals surface area contributed by atoms with E-state index in [1.54, 1.807) is 6.07 Å². The third kappa shape index (κ3) is 2.17. The van der Waals surface area contributed by atoms with Crippen LogP contribution in [0.25, 0.3) is 11.3 Å². The number of hydrogen-bond donors (Lipinski definition) is 1. The van der Waals surface area contributed by atoms with E-state index in [-0.39, 0.29) is 0 Å². The summed E-state index contributed by atoms with van der Waals surface area (Å²) in [6, 6.07) is 4.77. The van der Waals surface area contributed by atoms with Crippen molar-refractivity contribution < 1.29 is 9.90 Å². The Kier molecular flexibility index (Phi) is 2.82. The number of hydrogen-bond acceptors (Lipinski definition) is 4. The van der Waals surface area contributed by atoms with Crippen molar-refractivity contribution in [3.8, 4) is 11.3 Å². The quantitative estimate of drug-likeness (QED) is 0.864. The maximum absolute atomic E-state index is 11.3. The van der Waals surface area contributed by atoms with Gasteiger partial charge in [0.1, 0.15) is 6.54 Å². The predicted octanol–water partition coefficient (Wildman–Crippen LogP) is 1.06. The van der Waals surface area contributed by atoms with Crippen LogP contribution >= 0.6 is 11.3 Å². The molecule has 2 heterocycles. The summed E-state index contributed by atoms with van der Waals surface area (Å²) in [6.07, 6.45) is 0. The molecule has 6 heteroatoms. The molecule has 0 bridgehead atoms. The molecule has 0 atom stereocenters. The minimum Gasteiger partial charge on any atom is -0.480 e. The standard InChI is InChI=1S/C10H8N2O3S/c13-9-2-1-8(7-3-4-16-6-7)11-12(9)5-10(14)15/h1-4,6H,5H2,(H,14,15). The smallest absolute Gasteiger partial charge is 0.325 e. The van der Waals surface area contributed by atoms with Gasteiger partial charge < -0.3 is 5.11 Å². The summed E-state index contributed by atoms with van der Waals surface area (Å²) in [5, 5.41) is 16.4. The zero-order valence-corrected chi connectivity index (χ0v) is 8.98. The van der Waals surface area contributed by atoms with Crippen LogP contribution in [0.15, 0.2) is 33.8 Å². The number of carboxylic acids is 1. The molecule has 0 aliphatic carbocycles. The number of thiophene rings is 1. The van der Waals surface area contributed by atoms with Gasteiger partial charge in [0.2, 0.25) is 0 Å². The zero-order valence-electron chi connectivity index (χ0n) is 8.16. The lowest BCUT2D eigenvalue weighted by atomic mass is 10.2. The number of aliphatic carboxylic acids is 1. The maximum Gasteiger partial charge on any atom is 0.325 e. The van der Waals surface area contributed by atoms with Gasteiger partial charge in [-0.25, -0.2) is 4.68 Å². The summed E-state index contributed by atoms with van der Waals surface area (Å²) in [5.74, 6) is -1.09. The first kappa shape index (κ1) is 10.6. The zero-order chi connectivity index (χ0) is 11.5. The van der Waals surface area contributed by atoms with Gasteiger partial charge in [0.05, 0.1) is 5.69 Å². The fraction of sp³-hybridized carbons (Fsp3) is 0.100. The van der Waals surface area contributed by atoms with E-state index in [9.17, 15) is 9.59 Å². The van der Waals surface area contributed by atoms with Gasteiger partial charge in [-0.15, -0.1) is 0 Å². The third-order valence-electron chi connectivity index (χ3n) is 1.97. The molecule has 0 spiro atoms. The molecule has 0 amide bonds. The highest BCUT2D eigenvalue weighted by Gasteiger charge is 2.06. The Morgan fingerprint density at radius 2 is 2.25 bits per heavy atom. The van der Waals surface area contributed by atoms with Gasteiger partial charge >= 0.3 is 5.97 Å². The molecule has 0 aliphatic rings. The summed E-state index contributed by atoms with van der Waals surface area (Å²) in [5.41, 5.74) is 1.06. The van der Waals surface area contributed by atoms with Crippen molar-refractivity contribution in [2.75, 3.05) is 0 Å². The largest absolute Gasteiger partial charge is 0.480 e. The number of rotatable bonds is 3. The lowest BCUT2D eigenvalue weighted by Gasteiger charge is -2.02. The highest BCUT2D eigenvalue weighted by Crippen LogP contribution is 2.18. The normalized spacial score (nSPS) is 10.2. The van der Waals surface area contributed by atoms with Gasteiger partial charge in [0.15, 0.2) is 0 Å². The van der Waals surface area contributed by atoms with E-state index in [1.807, 2.05) is 16.8 Å². The van der Waals surface area contributed by atoms with E-state index in [2.05, 4.69) is 5.10 Å². The SMILES string of the molecule is O=C(O)Cn1nc(-c2ccsc2)ccc1=O. The van der Waals surface area contributed by atoms with E-state index in [1.165, 1.54) is 17.4 Å². The van der Waals surface area contributed by atoms with Crippen LogP contribution < -0.4 is 5.56 Å². The molecule has 16 heavy (non-hydrogen) atoms. The van der Waals surface area contributed by atoms with Crippen LogP contribution in [0.2, 0.25) is 0 Å². The molecule has 2 aromatic rings. The second-order valence-electron chi connectivity index (χ2n) is 3.12. The van der Waals surface area contributed by atoms with Crippen molar-refractivity contribution in [2.24, 2.45) is 0 Å². The molecule has 5 nitrogen and oxygen atoms in total. The van der Waals surface area contributed by atoms with Gasteiger partial charge in [-0.1, -0.05) is 0 Å². The minimum absolute atomic E-state index is 0.415. The number of aromatic nitrogens is 2. The topological polar surface area (TPSA) is 72.2 Å². The fourth-order valence-corrected chi connectivity index (χ4v) is 1.90. The Morgan fingerprint density at radius 3 is 2.88 bits per heavy atom. The second-order valence-corrected chi connectivity index (χ2v) is 3.90. The molecular weight excluding hydrogens is 228 g/mol. The highest BCUT2D eigenvalue weighted by atomic mass is 32.1. The third-order valence-corrected chi connectivity index (χ3v) is 2.65. The fourth-order valence-electron chi connectivity index (χ4n) is 1.25. The summed E-state index contributed by atoms with van der Waals surface area (Å²) in [7, 11) is 0. The average molecular weight is 236 g/mol. The molecular formula is C10H8N2O3S. The van der Waals surface area contributed by atoms with Gasteiger partial charge in [0, 0.05) is 17.0 Å². The van der Waals surface area contributed by atoms with Crippen LogP contribution in [0, 0.1) is 0 Å². The predicted molar refractivity (Wildman–Crippen MR) is 59.4 cm³/mol. The molecule has 0 saturated heterocycles. The molecule has 0 fully saturated rings.